The van der Waals surface area contributed by atoms with Crippen molar-refractivity contribution in [3.63, 3.8) is 0 Å². The Morgan fingerprint density at radius 2 is 2.21 bits per heavy atom. The van der Waals surface area contributed by atoms with Crippen LogP contribution in [0.3, 0.4) is 0 Å². The van der Waals surface area contributed by atoms with Crippen LogP contribution in [0, 0.1) is 0 Å². The number of anilines is 1. The van der Waals surface area contributed by atoms with Crippen LogP contribution in [0.1, 0.15) is 23.7 Å². The van der Waals surface area contributed by atoms with Crippen LogP contribution in [0.5, 0.6) is 0 Å². The molecule has 2 aliphatic heterocycles. The van der Waals surface area contributed by atoms with Crippen molar-refractivity contribution in [2.24, 2.45) is 0 Å². The number of amides is 2. The zero-order valence-electron chi connectivity index (χ0n) is 13.8. The number of nitrogens with one attached hydrogen (secondary N) is 2. The van der Waals surface area contributed by atoms with E-state index in [1.54, 1.807) is 17.8 Å². The lowest BCUT2D eigenvalue weighted by atomic mass is 10.1. The van der Waals surface area contributed by atoms with Crippen LogP contribution >= 0.6 is 11.8 Å². The molecule has 1 saturated heterocycles. The van der Waals surface area contributed by atoms with Gasteiger partial charge in [-0.15, -0.1) is 11.8 Å². The normalized spacial score (nSPS) is 19.8. The van der Waals surface area contributed by atoms with Gasteiger partial charge in [-0.1, -0.05) is 0 Å². The number of ether oxygens (including phenoxy) is 1. The minimum absolute atomic E-state index is 0.000469. The number of benzene rings is 1. The van der Waals surface area contributed by atoms with E-state index in [2.05, 4.69) is 15.5 Å². The van der Waals surface area contributed by atoms with E-state index < -0.39 is 0 Å². The summed E-state index contributed by atoms with van der Waals surface area (Å²) in [5.74, 6) is 0.655. The first-order valence-corrected chi connectivity index (χ1v) is 9.28. The van der Waals surface area contributed by atoms with Crippen molar-refractivity contribution >= 4 is 29.3 Å². The van der Waals surface area contributed by atoms with Crippen molar-refractivity contribution in [3.8, 4) is 0 Å². The SMILES string of the molecule is C[C@@H](CN1CCOCC1)NC(=O)c1ccc2c(c1)NC(=O)CCS2. The summed E-state index contributed by atoms with van der Waals surface area (Å²) in [5, 5.41) is 5.91. The Bertz CT molecular complexity index is 617. The molecule has 0 aromatic heterocycles. The highest BCUT2D eigenvalue weighted by atomic mass is 32.2. The van der Waals surface area contributed by atoms with Crippen LogP contribution < -0.4 is 10.6 Å². The van der Waals surface area contributed by atoms with E-state index in [1.165, 1.54) is 0 Å². The number of hydrogen-bond acceptors (Lipinski definition) is 5. The summed E-state index contributed by atoms with van der Waals surface area (Å²) < 4.78 is 5.34. The van der Waals surface area contributed by atoms with Gasteiger partial charge >= 0.3 is 0 Å². The molecule has 3 rings (SSSR count). The molecule has 0 radical (unpaired) electrons. The second-order valence-corrected chi connectivity index (χ2v) is 7.28. The maximum absolute atomic E-state index is 12.5. The van der Waals surface area contributed by atoms with E-state index in [0.717, 1.165) is 49.2 Å². The number of fused-ring (bicyclic) bond motifs is 1. The third-order valence-corrected chi connectivity index (χ3v) is 5.19. The van der Waals surface area contributed by atoms with E-state index in [1.807, 2.05) is 19.1 Å². The number of carbonyl (C=O) groups excluding carboxylic acids is 2. The van der Waals surface area contributed by atoms with Crippen LogP contribution in [0.15, 0.2) is 23.1 Å². The molecule has 2 amide bonds. The van der Waals surface area contributed by atoms with Crippen molar-refractivity contribution in [2.75, 3.05) is 43.9 Å². The quantitative estimate of drug-likeness (QED) is 0.863. The molecule has 24 heavy (non-hydrogen) atoms. The van der Waals surface area contributed by atoms with Gasteiger partial charge in [0.25, 0.3) is 5.91 Å². The zero-order valence-corrected chi connectivity index (χ0v) is 14.7. The smallest absolute Gasteiger partial charge is 0.251 e. The summed E-state index contributed by atoms with van der Waals surface area (Å²) in [6.07, 6.45) is 0.497. The molecule has 1 fully saturated rings. The first kappa shape index (κ1) is 17.3. The Morgan fingerprint density at radius 1 is 1.42 bits per heavy atom. The van der Waals surface area contributed by atoms with Gasteiger partial charge in [-0.2, -0.15) is 0 Å². The lowest BCUT2D eigenvalue weighted by molar-refractivity contribution is -0.115. The number of morpholine rings is 1. The fraction of sp³-hybridized carbons (Fsp3) is 0.529. The van der Waals surface area contributed by atoms with Gasteiger partial charge in [0.1, 0.15) is 0 Å². The van der Waals surface area contributed by atoms with Crippen LogP contribution in [0.2, 0.25) is 0 Å². The molecule has 2 aliphatic rings. The van der Waals surface area contributed by atoms with Gasteiger partial charge in [0, 0.05) is 48.3 Å². The summed E-state index contributed by atoms with van der Waals surface area (Å²) in [7, 11) is 0. The van der Waals surface area contributed by atoms with Gasteiger partial charge in [-0.05, 0) is 25.1 Å². The number of nitrogens with zero attached hydrogens (tertiary/aromatic N) is 1. The molecule has 0 aliphatic carbocycles. The van der Waals surface area contributed by atoms with Crippen molar-refractivity contribution < 1.29 is 14.3 Å². The number of carbonyl (C=O) groups is 2. The summed E-state index contributed by atoms with van der Waals surface area (Å²) in [6, 6.07) is 5.55. The molecule has 1 aromatic carbocycles. The van der Waals surface area contributed by atoms with E-state index in [-0.39, 0.29) is 17.9 Å². The fourth-order valence-electron chi connectivity index (χ4n) is 2.88. The van der Waals surface area contributed by atoms with Gasteiger partial charge < -0.3 is 15.4 Å². The van der Waals surface area contributed by atoms with Crippen molar-refractivity contribution in [1.82, 2.24) is 10.2 Å². The van der Waals surface area contributed by atoms with Gasteiger partial charge in [0.05, 0.1) is 18.9 Å². The Labute approximate surface area is 146 Å². The van der Waals surface area contributed by atoms with Crippen molar-refractivity contribution in [2.45, 2.75) is 24.3 Å². The first-order chi connectivity index (χ1) is 11.6. The standard InChI is InChI=1S/C17H23N3O3S/c1-12(11-20-5-7-23-8-6-20)18-17(22)13-2-3-15-14(10-13)19-16(21)4-9-24-15/h2-3,10,12H,4-9,11H2,1H3,(H,18,22)(H,19,21)/t12-/m0/s1. The van der Waals surface area contributed by atoms with E-state index >= 15 is 0 Å². The van der Waals surface area contributed by atoms with Crippen LogP contribution in [0.4, 0.5) is 5.69 Å². The predicted molar refractivity (Wildman–Crippen MR) is 94.6 cm³/mol. The van der Waals surface area contributed by atoms with E-state index in [9.17, 15) is 9.59 Å². The van der Waals surface area contributed by atoms with Crippen molar-refractivity contribution in [3.05, 3.63) is 23.8 Å². The van der Waals surface area contributed by atoms with Gasteiger partial charge in [-0.25, -0.2) is 0 Å². The molecule has 6 nitrogen and oxygen atoms in total. The molecule has 0 unspecified atom stereocenters. The summed E-state index contributed by atoms with van der Waals surface area (Å²) >= 11 is 1.64. The highest BCUT2D eigenvalue weighted by molar-refractivity contribution is 7.99. The molecular formula is C17H23N3O3S. The monoisotopic (exact) mass is 349 g/mol. The Morgan fingerprint density at radius 3 is 3.00 bits per heavy atom. The third kappa shape index (κ3) is 4.49. The van der Waals surface area contributed by atoms with Crippen LogP contribution in [0.25, 0.3) is 0 Å². The van der Waals surface area contributed by atoms with Gasteiger partial charge in [0.2, 0.25) is 5.91 Å². The fourth-order valence-corrected chi connectivity index (χ4v) is 3.82. The molecule has 130 valence electrons. The third-order valence-electron chi connectivity index (χ3n) is 4.12. The maximum atomic E-state index is 12.5. The van der Waals surface area contributed by atoms with Crippen molar-refractivity contribution in [1.29, 1.82) is 0 Å². The number of hydrogen-bond donors (Lipinski definition) is 2. The molecule has 7 heteroatoms. The summed E-state index contributed by atoms with van der Waals surface area (Å²) in [6.45, 7) is 6.14. The lowest BCUT2D eigenvalue weighted by Gasteiger charge is -2.29. The largest absolute Gasteiger partial charge is 0.379 e. The second kappa shape index (κ2) is 8.00. The van der Waals surface area contributed by atoms with E-state index in [0.29, 0.717) is 12.0 Å². The molecule has 0 saturated carbocycles. The second-order valence-electron chi connectivity index (χ2n) is 6.15. The van der Waals surface area contributed by atoms with E-state index in [4.69, 9.17) is 4.74 Å². The topological polar surface area (TPSA) is 70.7 Å². The average Bonchev–Trinajstić information content (AvgIpc) is 2.75. The number of rotatable bonds is 4. The minimum Gasteiger partial charge on any atom is -0.379 e. The molecular weight excluding hydrogens is 326 g/mol. The molecule has 1 atom stereocenters. The minimum atomic E-state index is -0.109. The zero-order chi connectivity index (χ0) is 16.9. The molecule has 2 N–H and O–H groups in total. The first-order valence-electron chi connectivity index (χ1n) is 8.29. The molecule has 2 heterocycles. The summed E-state index contributed by atoms with van der Waals surface area (Å²) in [4.78, 5) is 27.5. The Hall–Kier alpha value is -1.57. The maximum Gasteiger partial charge on any atom is 0.251 e. The number of thioether (sulfide) groups is 1. The molecule has 0 spiro atoms. The molecule has 0 bridgehead atoms. The highest BCUT2D eigenvalue weighted by Crippen LogP contribution is 2.31. The lowest BCUT2D eigenvalue weighted by Crippen LogP contribution is -2.46. The Kier molecular flexibility index (Phi) is 5.76. The Balaban J connectivity index is 1.61. The predicted octanol–water partition coefficient (Wildman–Crippen LogP) is 1.57. The van der Waals surface area contributed by atoms with Crippen LogP contribution in [-0.2, 0) is 9.53 Å². The average molecular weight is 349 g/mol. The van der Waals surface area contributed by atoms with Crippen LogP contribution in [-0.4, -0.2) is 61.4 Å². The summed E-state index contributed by atoms with van der Waals surface area (Å²) in [5.41, 5.74) is 1.31. The highest BCUT2D eigenvalue weighted by Gasteiger charge is 2.18. The molecule has 1 aromatic rings. The van der Waals surface area contributed by atoms with Gasteiger partial charge in [0.15, 0.2) is 0 Å². The van der Waals surface area contributed by atoms with Gasteiger partial charge in [-0.3, -0.25) is 14.5 Å².